The van der Waals surface area contributed by atoms with Gasteiger partial charge < -0.3 is 15.0 Å². The molecule has 0 aliphatic carbocycles. The summed E-state index contributed by atoms with van der Waals surface area (Å²) >= 11 is 0. The number of nitrogens with one attached hydrogen (secondary N) is 1. The van der Waals surface area contributed by atoms with E-state index in [-0.39, 0.29) is 5.91 Å². The van der Waals surface area contributed by atoms with Crippen LogP contribution in [0.3, 0.4) is 0 Å². The van der Waals surface area contributed by atoms with Crippen LogP contribution >= 0.6 is 0 Å². The van der Waals surface area contributed by atoms with Gasteiger partial charge in [0.05, 0.1) is 19.2 Å². The molecule has 0 unspecified atom stereocenters. The van der Waals surface area contributed by atoms with Gasteiger partial charge in [0.25, 0.3) is 0 Å². The summed E-state index contributed by atoms with van der Waals surface area (Å²) in [6, 6.07) is 6.55. The predicted molar refractivity (Wildman–Crippen MR) is 65.0 cm³/mol. The van der Waals surface area contributed by atoms with E-state index in [0.29, 0.717) is 17.8 Å². The number of esters is 1. The topological polar surface area (TPSA) is 58.6 Å². The maximum Gasteiger partial charge on any atom is 0.337 e. The molecule has 1 aromatic carbocycles. The van der Waals surface area contributed by atoms with Gasteiger partial charge in [-0.15, -0.1) is 0 Å². The molecule has 5 heteroatoms. The Morgan fingerprint density at radius 2 is 1.82 bits per heavy atom. The third kappa shape index (κ3) is 4.24. The van der Waals surface area contributed by atoms with E-state index >= 15 is 0 Å². The van der Waals surface area contributed by atoms with Gasteiger partial charge in [-0.05, 0) is 38.4 Å². The van der Waals surface area contributed by atoms with E-state index in [0.717, 1.165) is 0 Å². The molecule has 0 heterocycles. The van der Waals surface area contributed by atoms with E-state index in [1.54, 1.807) is 29.2 Å². The van der Waals surface area contributed by atoms with E-state index in [4.69, 9.17) is 0 Å². The van der Waals surface area contributed by atoms with Crippen molar-refractivity contribution in [3.8, 4) is 0 Å². The van der Waals surface area contributed by atoms with Crippen molar-refractivity contribution in [3.05, 3.63) is 29.8 Å². The lowest BCUT2D eigenvalue weighted by Gasteiger charge is -2.10. The summed E-state index contributed by atoms with van der Waals surface area (Å²) in [5.74, 6) is -0.489. The van der Waals surface area contributed by atoms with Crippen LogP contribution in [0, 0.1) is 0 Å². The third-order valence-electron chi connectivity index (χ3n) is 2.05. The van der Waals surface area contributed by atoms with Crippen molar-refractivity contribution in [2.45, 2.75) is 0 Å². The molecule has 0 aliphatic heterocycles. The molecule has 1 rings (SSSR count). The number of ether oxygens (including phenoxy) is 1. The number of anilines is 1. The molecule has 0 bridgehead atoms. The van der Waals surface area contributed by atoms with E-state index < -0.39 is 5.97 Å². The highest BCUT2D eigenvalue weighted by atomic mass is 16.5. The minimum Gasteiger partial charge on any atom is -0.465 e. The summed E-state index contributed by atoms with van der Waals surface area (Å²) < 4.78 is 4.58. The maximum absolute atomic E-state index is 11.5. The van der Waals surface area contributed by atoms with Crippen LogP contribution in [0.4, 0.5) is 5.69 Å². The standard InChI is InChI=1S/C12H16N2O3/c1-14(2)8-11(15)13-10-6-4-9(5-7-10)12(16)17-3/h4-7H,8H2,1-3H3,(H,13,15). The highest BCUT2D eigenvalue weighted by Crippen LogP contribution is 2.10. The predicted octanol–water partition coefficient (Wildman–Crippen LogP) is 0.973. The zero-order chi connectivity index (χ0) is 12.8. The Morgan fingerprint density at radius 3 is 2.29 bits per heavy atom. The first kappa shape index (κ1) is 13.2. The Labute approximate surface area is 100 Å². The molecular weight excluding hydrogens is 220 g/mol. The van der Waals surface area contributed by atoms with Crippen molar-refractivity contribution in [3.63, 3.8) is 0 Å². The Morgan fingerprint density at radius 1 is 1.24 bits per heavy atom. The number of benzene rings is 1. The van der Waals surface area contributed by atoms with Crippen LogP contribution in [0.15, 0.2) is 24.3 Å². The van der Waals surface area contributed by atoms with Gasteiger partial charge in [-0.25, -0.2) is 4.79 Å². The van der Waals surface area contributed by atoms with E-state index in [9.17, 15) is 9.59 Å². The normalized spacial score (nSPS) is 10.1. The van der Waals surface area contributed by atoms with Crippen LogP contribution in [-0.4, -0.2) is 44.5 Å². The van der Waals surface area contributed by atoms with Crippen molar-refractivity contribution < 1.29 is 14.3 Å². The highest BCUT2D eigenvalue weighted by molar-refractivity contribution is 5.93. The molecule has 5 nitrogen and oxygen atoms in total. The van der Waals surface area contributed by atoms with Gasteiger partial charge in [0.2, 0.25) is 5.91 Å². The number of rotatable bonds is 4. The monoisotopic (exact) mass is 236 g/mol. The molecule has 0 radical (unpaired) electrons. The van der Waals surface area contributed by atoms with Gasteiger partial charge >= 0.3 is 5.97 Å². The minimum atomic E-state index is -0.392. The average Bonchev–Trinajstić information content (AvgIpc) is 2.28. The molecular formula is C12H16N2O3. The fourth-order valence-electron chi connectivity index (χ4n) is 1.30. The van der Waals surface area contributed by atoms with Crippen LogP contribution in [0.1, 0.15) is 10.4 Å². The summed E-state index contributed by atoms with van der Waals surface area (Å²) in [5.41, 5.74) is 1.11. The molecule has 0 spiro atoms. The molecule has 0 saturated carbocycles. The van der Waals surface area contributed by atoms with Crippen LogP contribution in [-0.2, 0) is 9.53 Å². The molecule has 1 aromatic rings. The number of amides is 1. The number of carbonyl (C=O) groups excluding carboxylic acids is 2. The van der Waals surface area contributed by atoms with Gasteiger partial charge in [0.15, 0.2) is 0 Å². The highest BCUT2D eigenvalue weighted by Gasteiger charge is 2.06. The number of likely N-dealkylation sites (N-methyl/N-ethyl adjacent to an activating group) is 1. The van der Waals surface area contributed by atoms with Crippen molar-refractivity contribution in [2.24, 2.45) is 0 Å². The molecule has 0 aliphatic rings. The summed E-state index contributed by atoms with van der Waals surface area (Å²) in [6.45, 7) is 0.318. The molecule has 0 fully saturated rings. The Bertz CT molecular complexity index is 399. The molecule has 1 amide bonds. The number of carbonyl (C=O) groups is 2. The average molecular weight is 236 g/mol. The third-order valence-corrected chi connectivity index (χ3v) is 2.05. The van der Waals surface area contributed by atoms with Gasteiger partial charge in [0, 0.05) is 5.69 Å². The zero-order valence-corrected chi connectivity index (χ0v) is 10.2. The van der Waals surface area contributed by atoms with Crippen molar-refractivity contribution in [2.75, 3.05) is 33.1 Å². The first-order chi connectivity index (χ1) is 8.02. The summed E-state index contributed by atoms with van der Waals surface area (Å²) in [6.07, 6.45) is 0. The first-order valence-electron chi connectivity index (χ1n) is 5.16. The van der Waals surface area contributed by atoms with Gasteiger partial charge in [0.1, 0.15) is 0 Å². The number of methoxy groups -OCH3 is 1. The Kier molecular flexibility index (Phi) is 4.66. The number of nitrogens with zero attached hydrogens (tertiary/aromatic N) is 1. The summed E-state index contributed by atoms with van der Waals surface area (Å²) in [7, 11) is 4.97. The van der Waals surface area contributed by atoms with Gasteiger partial charge in [-0.3, -0.25) is 4.79 Å². The lowest BCUT2D eigenvalue weighted by molar-refractivity contribution is -0.116. The van der Waals surface area contributed by atoms with Crippen LogP contribution in [0.25, 0.3) is 0 Å². The fraction of sp³-hybridized carbons (Fsp3) is 0.333. The van der Waals surface area contributed by atoms with Crippen molar-refractivity contribution >= 4 is 17.6 Å². The van der Waals surface area contributed by atoms with Crippen LogP contribution in [0.2, 0.25) is 0 Å². The molecule has 0 saturated heterocycles. The second-order valence-corrected chi connectivity index (χ2v) is 3.85. The van der Waals surface area contributed by atoms with Crippen molar-refractivity contribution in [1.82, 2.24) is 4.90 Å². The maximum atomic E-state index is 11.5. The molecule has 1 N–H and O–H groups in total. The second kappa shape index (κ2) is 6.00. The number of hydrogen-bond acceptors (Lipinski definition) is 4. The molecule has 92 valence electrons. The molecule has 17 heavy (non-hydrogen) atoms. The zero-order valence-electron chi connectivity index (χ0n) is 10.2. The minimum absolute atomic E-state index is 0.0965. The summed E-state index contributed by atoms with van der Waals surface area (Å²) in [4.78, 5) is 24.4. The first-order valence-corrected chi connectivity index (χ1v) is 5.16. The summed E-state index contributed by atoms with van der Waals surface area (Å²) in [5, 5.41) is 2.72. The second-order valence-electron chi connectivity index (χ2n) is 3.85. The van der Waals surface area contributed by atoms with E-state index in [2.05, 4.69) is 10.1 Å². The largest absolute Gasteiger partial charge is 0.465 e. The van der Waals surface area contributed by atoms with E-state index in [1.165, 1.54) is 7.11 Å². The Balaban J connectivity index is 2.62. The van der Waals surface area contributed by atoms with Crippen LogP contribution < -0.4 is 5.32 Å². The van der Waals surface area contributed by atoms with Crippen LogP contribution in [0.5, 0.6) is 0 Å². The number of hydrogen-bond donors (Lipinski definition) is 1. The molecule has 0 atom stereocenters. The lowest BCUT2D eigenvalue weighted by atomic mass is 10.2. The SMILES string of the molecule is COC(=O)c1ccc(NC(=O)CN(C)C)cc1. The quantitative estimate of drug-likeness (QED) is 0.791. The lowest BCUT2D eigenvalue weighted by Crippen LogP contribution is -2.27. The van der Waals surface area contributed by atoms with Gasteiger partial charge in [-0.1, -0.05) is 0 Å². The smallest absolute Gasteiger partial charge is 0.337 e. The van der Waals surface area contributed by atoms with Crippen molar-refractivity contribution in [1.29, 1.82) is 0 Å². The molecule has 0 aromatic heterocycles. The van der Waals surface area contributed by atoms with E-state index in [1.807, 2.05) is 14.1 Å². The Hall–Kier alpha value is -1.88. The van der Waals surface area contributed by atoms with Gasteiger partial charge in [-0.2, -0.15) is 0 Å². The fourth-order valence-corrected chi connectivity index (χ4v) is 1.30.